The molecule has 0 fully saturated rings. The van der Waals surface area contributed by atoms with E-state index in [1.54, 1.807) is 61.5 Å². The van der Waals surface area contributed by atoms with E-state index in [1.807, 2.05) is 25.1 Å². The molecular formula is C23H20ClNO3. The highest BCUT2D eigenvalue weighted by atomic mass is 35.5. The van der Waals surface area contributed by atoms with Crippen LogP contribution < -0.4 is 10.1 Å². The van der Waals surface area contributed by atoms with Gasteiger partial charge < -0.3 is 10.1 Å². The Morgan fingerprint density at radius 2 is 1.71 bits per heavy atom. The standard InChI is InChI=1S/C23H20ClNO3/c1-15-7-3-4-12-21(15)23(27)25-19-10-6-11-20(14-19)28-16(2)22(26)17-8-5-9-18(24)13-17/h3-14,16H,1-2H3,(H,25,27). The van der Waals surface area contributed by atoms with Gasteiger partial charge in [-0.25, -0.2) is 0 Å². The maximum atomic E-state index is 12.5. The molecule has 0 saturated carbocycles. The van der Waals surface area contributed by atoms with Gasteiger partial charge in [-0.05, 0) is 49.7 Å². The molecular weight excluding hydrogens is 374 g/mol. The normalized spacial score (nSPS) is 11.5. The SMILES string of the molecule is Cc1ccccc1C(=O)Nc1cccc(OC(C)C(=O)c2cccc(Cl)c2)c1. The minimum absolute atomic E-state index is 0.170. The highest BCUT2D eigenvalue weighted by Crippen LogP contribution is 2.21. The largest absolute Gasteiger partial charge is 0.482 e. The number of Topliss-reactive ketones (excluding diaryl/α,β-unsaturated/α-hetero) is 1. The van der Waals surface area contributed by atoms with Crippen LogP contribution in [0.3, 0.4) is 0 Å². The highest BCUT2D eigenvalue weighted by molar-refractivity contribution is 6.31. The molecule has 0 bridgehead atoms. The van der Waals surface area contributed by atoms with Gasteiger partial charge in [0.2, 0.25) is 5.78 Å². The Balaban J connectivity index is 1.70. The summed E-state index contributed by atoms with van der Waals surface area (Å²) in [6.45, 7) is 3.57. The van der Waals surface area contributed by atoms with E-state index >= 15 is 0 Å². The molecule has 3 rings (SSSR count). The third kappa shape index (κ3) is 4.78. The number of ketones is 1. The Hall–Kier alpha value is -3.11. The minimum Gasteiger partial charge on any atom is -0.482 e. The predicted octanol–water partition coefficient (Wildman–Crippen LogP) is 5.55. The number of nitrogens with one attached hydrogen (secondary N) is 1. The molecule has 4 nitrogen and oxygen atoms in total. The third-order valence-corrected chi connectivity index (χ3v) is 4.51. The summed E-state index contributed by atoms with van der Waals surface area (Å²) in [4.78, 5) is 25.0. The van der Waals surface area contributed by atoms with Crippen molar-refractivity contribution in [1.82, 2.24) is 0 Å². The summed E-state index contributed by atoms with van der Waals surface area (Å²) in [5, 5.41) is 3.36. The molecule has 0 aliphatic heterocycles. The Kier molecular flexibility index (Phi) is 6.12. The zero-order chi connectivity index (χ0) is 20.1. The number of benzene rings is 3. The first-order valence-electron chi connectivity index (χ1n) is 8.87. The van der Waals surface area contributed by atoms with Crippen molar-refractivity contribution in [3.05, 3.63) is 94.5 Å². The van der Waals surface area contributed by atoms with Gasteiger partial charge in [0.05, 0.1) is 0 Å². The fraction of sp³-hybridized carbons (Fsp3) is 0.130. The van der Waals surface area contributed by atoms with E-state index in [0.717, 1.165) is 5.56 Å². The van der Waals surface area contributed by atoms with Gasteiger partial charge in [-0.2, -0.15) is 0 Å². The number of anilines is 1. The quantitative estimate of drug-likeness (QED) is 0.558. The summed E-state index contributed by atoms with van der Waals surface area (Å²) < 4.78 is 5.78. The first kappa shape index (κ1) is 19.6. The summed E-state index contributed by atoms with van der Waals surface area (Å²) in [7, 11) is 0. The van der Waals surface area contributed by atoms with Crippen LogP contribution >= 0.6 is 11.6 Å². The van der Waals surface area contributed by atoms with Gasteiger partial charge in [0.25, 0.3) is 5.91 Å². The van der Waals surface area contributed by atoms with Crippen LogP contribution in [-0.2, 0) is 0 Å². The molecule has 1 atom stereocenters. The average molecular weight is 394 g/mol. The van der Waals surface area contributed by atoms with E-state index in [4.69, 9.17) is 16.3 Å². The summed E-state index contributed by atoms with van der Waals surface area (Å²) in [5.41, 5.74) is 2.59. The van der Waals surface area contributed by atoms with Crippen molar-refractivity contribution in [2.45, 2.75) is 20.0 Å². The molecule has 1 amide bonds. The molecule has 1 N–H and O–H groups in total. The lowest BCUT2D eigenvalue weighted by atomic mass is 10.1. The summed E-state index contributed by atoms with van der Waals surface area (Å²) in [6, 6.07) is 21.1. The van der Waals surface area contributed by atoms with Crippen molar-refractivity contribution in [3.8, 4) is 5.75 Å². The number of hydrogen-bond acceptors (Lipinski definition) is 3. The zero-order valence-corrected chi connectivity index (χ0v) is 16.4. The summed E-state index contributed by atoms with van der Waals surface area (Å²) in [5.74, 6) is 0.126. The van der Waals surface area contributed by atoms with Crippen molar-refractivity contribution in [3.63, 3.8) is 0 Å². The second-order valence-corrected chi connectivity index (χ2v) is 6.87. The van der Waals surface area contributed by atoms with Gasteiger partial charge in [-0.1, -0.05) is 48.0 Å². The first-order valence-corrected chi connectivity index (χ1v) is 9.25. The summed E-state index contributed by atoms with van der Waals surface area (Å²) >= 11 is 5.95. The van der Waals surface area contributed by atoms with E-state index in [9.17, 15) is 9.59 Å². The zero-order valence-electron chi connectivity index (χ0n) is 15.6. The van der Waals surface area contributed by atoms with E-state index in [0.29, 0.717) is 27.6 Å². The Labute approximate surface area is 169 Å². The van der Waals surface area contributed by atoms with E-state index in [2.05, 4.69) is 5.32 Å². The van der Waals surface area contributed by atoms with Gasteiger partial charge in [-0.3, -0.25) is 9.59 Å². The number of amides is 1. The molecule has 0 aliphatic carbocycles. The predicted molar refractivity (Wildman–Crippen MR) is 111 cm³/mol. The lowest BCUT2D eigenvalue weighted by Gasteiger charge is -2.15. The maximum Gasteiger partial charge on any atom is 0.255 e. The van der Waals surface area contributed by atoms with Crippen molar-refractivity contribution in [2.24, 2.45) is 0 Å². The molecule has 0 spiro atoms. The summed E-state index contributed by atoms with van der Waals surface area (Å²) in [6.07, 6.45) is -0.694. The van der Waals surface area contributed by atoms with Crippen molar-refractivity contribution in [1.29, 1.82) is 0 Å². The fourth-order valence-corrected chi connectivity index (χ4v) is 3.00. The molecule has 5 heteroatoms. The molecule has 0 aromatic heterocycles. The molecule has 3 aromatic rings. The monoisotopic (exact) mass is 393 g/mol. The lowest BCUT2D eigenvalue weighted by molar-refractivity contribution is 0.0818. The Bertz CT molecular complexity index is 1020. The number of carbonyl (C=O) groups is 2. The van der Waals surface area contributed by atoms with Crippen LogP contribution in [0.2, 0.25) is 5.02 Å². The van der Waals surface area contributed by atoms with Crippen molar-refractivity contribution < 1.29 is 14.3 Å². The van der Waals surface area contributed by atoms with E-state index in [1.165, 1.54) is 0 Å². The Morgan fingerprint density at radius 3 is 2.46 bits per heavy atom. The number of hydrogen-bond donors (Lipinski definition) is 1. The molecule has 0 aliphatic rings. The van der Waals surface area contributed by atoms with Crippen LogP contribution in [0.5, 0.6) is 5.75 Å². The average Bonchev–Trinajstić information content (AvgIpc) is 2.68. The molecule has 1 unspecified atom stereocenters. The van der Waals surface area contributed by atoms with Crippen molar-refractivity contribution >= 4 is 29.0 Å². The molecule has 28 heavy (non-hydrogen) atoms. The van der Waals surface area contributed by atoms with Gasteiger partial charge in [0, 0.05) is 27.9 Å². The number of halogens is 1. The second kappa shape index (κ2) is 8.72. The topological polar surface area (TPSA) is 55.4 Å². The van der Waals surface area contributed by atoms with Gasteiger partial charge >= 0.3 is 0 Å². The molecule has 0 heterocycles. The number of aryl methyl sites for hydroxylation is 1. The van der Waals surface area contributed by atoms with Crippen LogP contribution in [0, 0.1) is 6.92 Å². The van der Waals surface area contributed by atoms with E-state index in [-0.39, 0.29) is 11.7 Å². The van der Waals surface area contributed by atoms with Crippen molar-refractivity contribution in [2.75, 3.05) is 5.32 Å². The highest BCUT2D eigenvalue weighted by Gasteiger charge is 2.17. The molecule has 0 radical (unpaired) electrons. The van der Waals surface area contributed by atoms with Crippen LogP contribution in [0.15, 0.2) is 72.8 Å². The number of rotatable bonds is 6. The lowest BCUT2D eigenvalue weighted by Crippen LogP contribution is -2.24. The fourth-order valence-electron chi connectivity index (χ4n) is 2.81. The molecule has 0 saturated heterocycles. The van der Waals surface area contributed by atoms with Crippen LogP contribution in [-0.4, -0.2) is 17.8 Å². The molecule has 142 valence electrons. The number of carbonyl (C=O) groups excluding carboxylic acids is 2. The first-order chi connectivity index (χ1) is 13.4. The second-order valence-electron chi connectivity index (χ2n) is 6.43. The molecule has 3 aromatic carbocycles. The van der Waals surface area contributed by atoms with Gasteiger partial charge in [0.15, 0.2) is 6.10 Å². The number of ether oxygens (including phenoxy) is 1. The van der Waals surface area contributed by atoms with Crippen LogP contribution in [0.4, 0.5) is 5.69 Å². The van der Waals surface area contributed by atoms with E-state index < -0.39 is 6.10 Å². The van der Waals surface area contributed by atoms with Gasteiger partial charge in [-0.15, -0.1) is 0 Å². The van der Waals surface area contributed by atoms with Crippen LogP contribution in [0.1, 0.15) is 33.2 Å². The Morgan fingerprint density at radius 1 is 0.964 bits per heavy atom. The third-order valence-electron chi connectivity index (χ3n) is 4.27. The maximum absolute atomic E-state index is 12.5. The van der Waals surface area contributed by atoms with Crippen LogP contribution in [0.25, 0.3) is 0 Å². The minimum atomic E-state index is -0.694. The smallest absolute Gasteiger partial charge is 0.255 e. The van der Waals surface area contributed by atoms with Gasteiger partial charge in [0.1, 0.15) is 5.75 Å².